The molecule has 1 heterocycles. The standard InChI is InChI=1S/C14H19ClN4O2/c1-9-17-18-13(19(9)3)8-21-14-11(15)5-10(7-16-2)6-12(14)20-4/h5-6,16H,7-8H2,1-4H3. The Balaban J connectivity index is 2.21. The molecule has 1 N–H and O–H groups in total. The van der Waals surface area contributed by atoms with Crippen LogP contribution in [0.1, 0.15) is 17.2 Å². The largest absolute Gasteiger partial charge is 0.493 e. The summed E-state index contributed by atoms with van der Waals surface area (Å²) in [5.74, 6) is 2.67. The number of hydrogen-bond donors (Lipinski definition) is 1. The van der Waals surface area contributed by atoms with Gasteiger partial charge in [0, 0.05) is 13.6 Å². The number of methoxy groups -OCH3 is 1. The number of halogens is 1. The molecule has 6 nitrogen and oxygen atoms in total. The summed E-state index contributed by atoms with van der Waals surface area (Å²) in [4.78, 5) is 0. The van der Waals surface area contributed by atoms with E-state index in [-0.39, 0.29) is 6.61 Å². The van der Waals surface area contributed by atoms with Crippen molar-refractivity contribution < 1.29 is 9.47 Å². The van der Waals surface area contributed by atoms with Gasteiger partial charge in [-0.1, -0.05) is 11.6 Å². The predicted molar refractivity (Wildman–Crippen MR) is 80.8 cm³/mol. The lowest BCUT2D eigenvalue weighted by atomic mass is 10.2. The highest BCUT2D eigenvalue weighted by Crippen LogP contribution is 2.36. The third kappa shape index (κ3) is 3.46. The summed E-state index contributed by atoms with van der Waals surface area (Å²) in [7, 11) is 5.36. The van der Waals surface area contributed by atoms with Crippen LogP contribution in [0.15, 0.2) is 12.1 Å². The molecular weight excluding hydrogens is 292 g/mol. The van der Waals surface area contributed by atoms with Gasteiger partial charge >= 0.3 is 0 Å². The minimum Gasteiger partial charge on any atom is -0.493 e. The third-order valence-electron chi connectivity index (χ3n) is 3.20. The first-order valence-corrected chi connectivity index (χ1v) is 6.93. The van der Waals surface area contributed by atoms with Crippen molar-refractivity contribution in [1.82, 2.24) is 20.1 Å². The Labute approximate surface area is 129 Å². The average molecular weight is 311 g/mol. The van der Waals surface area contributed by atoms with Crippen LogP contribution >= 0.6 is 11.6 Å². The highest BCUT2D eigenvalue weighted by Gasteiger charge is 2.14. The Kier molecular flexibility index (Phi) is 5.03. The molecule has 0 aliphatic rings. The van der Waals surface area contributed by atoms with Crippen molar-refractivity contribution in [3.05, 3.63) is 34.4 Å². The van der Waals surface area contributed by atoms with Crippen LogP contribution in [-0.2, 0) is 20.2 Å². The fraction of sp³-hybridized carbons (Fsp3) is 0.429. The summed E-state index contributed by atoms with van der Waals surface area (Å²) in [5, 5.41) is 11.6. The van der Waals surface area contributed by atoms with Crippen LogP contribution in [-0.4, -0.2) is 28.9 Å². The quantitative estimate of drug-likeness (QED) is 0.885. The van der Waals surface area contributed by atoms with E-state index in [2.05, 4.69) is 15.5 Å². The van der Waals surface area contributed by atoms with Gasteiger partial charge in [0.25, 0.3) is 0 Å². The average Bonchev–Trinajstić information content (AvgIpc) is 2.77. The van der Waals surface area contributed by atoms with Gasteiger partial charge < -0.3 is 19.4 Å². The Hall–Kier alpha value is -1.79. The number of rotatable bonds is 6. The molecule has 0 radical (unpaired) electrons. The Morgan fingerprint density at radius 1 is 1.33 bits per heavy atom. The van der Waals surface area contributed by atoms with Gasteiger partial charge in [-0.15, -0.1) is 10.2 Å². The first kappa shape index (κ1) is 15.6. The molecular formula is C14H19ClN4O2. The molecule has 0 unspecified atom stereocenters. The number of nitrogens with zero attached hydrogens (tertiary/aromatic N) is 3. The van der Waals surface area contributed by atoms with Crippen molar-refractivity contribution in [2.24, 2.45) is 7.05 Å². The van der Waals surface area contributed by atoms with Gasteiger partial charge in [-0.3, -0.25) is 0 Å². The van der Waals surface area contributed by atoms with Crippen molar-refractivity contribution in [2.75, 3.05) is 14.2 Å². The van der Waals surface area contributed by atoms with Crippen molar-refractivity contribution in [2.45, 2.75) is 20.1 Å². The Bertz CT molecular complexity index is 628. The van der Waals surface area contributed by atoms with Gasteiger partial charge in [0.2, 0.25) is 0 Å². The fourth-order valence-corrected chi connectivity index (χ4v) is 2.22. The lowest BCUT2D eigenvalue weighted by Gasteiger charge is -2.14. The molecule has 0 saturated carbocycles. The first-order valence-electron chi connectivity index (χ1n) is 6.55. The highest BCUT2D eigenvalue weighted by molar-refractivity contribution is 6.32. The van der Waals surface area contributed by atoms with Gasteiger partial charge in [-0.05, 0) is 31.7 Å². The molecule has 0 fully saturated rings. The van der Waals surface area contributed by atoms with Gasteiger partial charge in [-0.25, -0.2) is 0 Å². The highest BCUT2D eigenvalue weighted by atomic mass is 35.5. The van der Waals surface area contributed by atoms with Crippen LogP contribution in [0.5, 0.6) is 11.5 Å². The van der Waals surface area contributed by atoms with E-state index in [4.69, 9.17) is 21.1 Å². The van der Waals surface area contributed by atoms with E-state index in [1.54, 1.807) is 7.11 Å². The molecule has 2 rings (SSSR count). The smallest absolute Gasteiger partial charge is 0.180 e. The second-order valence-corrected chi connectivity index (χ2v) is 5.06. The molecule has 2 aromatic rings. The van der Waals surface area contributed by atoms with Crippen LogP contribution in [0.4, 0.5) is 0 Å². The number of aromatic nitrogens is 3. The van der Waals surface area contributed by atoms with Crippen molar-refractivity contribution in [3.8, 4) is 11.5 Å². The molecule has 21 heavy (non-hydrogen) atoms. The third-order valence-corrected chi connectivity index (χ3v) is 3.48. The summed E-state index contributed by atoms with van der Waals surface area (Å²) < 4.78 is 13.0. The van der Waals surface area contributed by atoms with E-state index in [1.807, 2.05) is 37.7 Å². The zero-order chi connectivity index (χ0) is 15.4. The molecule has 0 spiro atoms. The van der Waals surface area contributed by atoms with Crippen LogP contribution < -0.4 is 14.8 Å². The van der Waals surface area contributed by atoms with E-state index >= 15 is 0 Å². The maximum atomic E-state index is 6.28. The topological polar surface area (TPSA) is 61.2 Å². The molecule has 1 aromatic carbocycles. The Morgan fingerprint density at radius 3 is 2.67 bits per heavy atom. The molecule has 0 aliphatic carbocycles. The maximum Gasteiger partial charge on any atom is 0.180 e. The van der Waals surface area contributed by atoms with Gasteiger partial charge in [-0.2, -0.15) is 0 Å². The zero-order valence-electron chi connectivity index (χ0n) is 12.6. The van der Waals surface area contributed by atoms with E-state index in [9.17, 15) is 0 Å². The predicted octanol–water partition coefficient (Wildman–Crippen LogP) is 2.08. The van der Waals surface area contributed by atoms with Crippen molar-refractivity contribution in [3.63, 3.8) is 0 Å². The Morgan fingerprint density at radius 2 is 2.10 bits per heavy atom. The normalized spacial score (nSPS) is 10.7. The monoisotopic (exact) mass is 310 g/mol. The lowest BCUT2D eigenvalue weighted by Crippen LogP contribution is -2.07. The van der Waals surface area contributed by atoms with Crippen molar-refractivity contribution in [1.29, 1.82) is 0 Å². The minimum atomic E-state index is 0.277. The number of nitrogens with one attached hydrogen (secondary N) is 1. The second kappa shape index (κ2) is 6.78. The molecule has 0 amide bonds. The van der Waals surface area contributed by atoms with E-state index in [0.29, 0.717) is 23.1 Å². The number of ether oxygens (including phenoxy) is 2. The van der Waals surface area contributed by atoms with Gasteiger partial charge in [0.05, 0.1) is 12.1 Å². The van der Waals surface area contributed by atoms with E-state index < -0.39 is 0 Å². The SMILES string of the molecule is CNCc1cc(Cl)c(OCc2nnc(C)n2C)c(OC)c1. The maximum absolute atomic E-state index is 6.28. The van der Waals surface area contributed by atoms with Crippen LogP contribution in [0.2, 0.25) is 5.02 Å². The van der Waals surface area contributed by atoms with Gasteiger partial charge in [0.15, 0.2) is 17.3 Å². The zero-order valence-corrected chi connectivity index (χ0v) is 13.4. The van der Waals surface area contributed by atoms with Crippen LogP contribution in [0.3, 0.4) is 0 Å². The number of hydrogen-bond acceptors (Lipinski definition) is 5. The summed E-state index contributed by atoms with van der Waals surface area (Å²) in [6.45, 7) is 2.87. The summed E-state index contributed by atoms with van der Waals surface area (Å²) in [6.07, 6.45) is 0. The summed E-state index contributed by atoms with van der Waals surface area (Å²) in [6, 6.07) is 3.76. The molecule has 7 heteroatoms. The molecule has 114 valence electrons. The first-order chi connectivity index (χ1) is 10.1. The number of benzene rings is 1. The summed E-state index contributed by atoms with van der Waals surface area (Å²) >= 11 is 6.28. The van der Waals surface area contributed by atoms with Crippen molar-refractivity contribution >= 4 is 11.6 Å². The summed E-state index contributed by atoms with van der Waals surface area (Å²) in [5.41, 5.74) is 1.03. The minimum absolute atomic E-state index is 0.277. The van der Waals surface area contributed by atoms with Crippen LogP contribution in [0.25, 0.3) is 0 Å². The second-order valence-electron chi connectivity index (χ2n) is 4.65. The molecule has 1 aromatic heterocycles. The van der Waals surface area contributed by atoms with E-state index in [1.165, 1.54) is 0 Å². The fourth-order valence-electron chi connectivity index (χ4n) is 1.93. The van der Waals surface area contributed by atoms with Gasteiger partial charge in [0.1, 0.15) is 12.4 Å². The molecule has 0 atom stereocenters. The molecule has 0 saturated heterocycles. The van der Waals surface area contributed by atoms with E-state index in [0.717, 1.165) is 17.2 Å². The molecule has 0 aliphatic heterocycles. The molecule has 0 bridgehead atoms. The lowest BCUT2D eigenvalue weighted by molar-refractivity contribution is 0.272. The van der Waals surface area contributed by atoms with Crippen LogP contribution in [0, 0.1) is 6.92 Å². The number of aryl methyl sites for hydroxylation is 1.